The van der Waals surface area contributed by atoms with Gasteiger partial charge in [-0.3, -0.25) is 0 Å². The predicted molar refractivity (Wildman–Crippen MR) is 79.8 cm³/mol. The highest BCUT2D eigenvalue weighted by molar-refractivity contribution is 5.34. The van der Waals surface area contributed by atoms with Gasteiger partial charge < -0.3 is 10.2 Å². The molecule has 3 nitrogen and oxygen atoms in total. The van der Waals surface area contributed by atoms with Gasteiger partial charge in [-0.15, -0.1) is 0 Å². The number of hydrogen-bond donors (Lipinski definition) is 1. The summed E-state index contributed by atoms with van der Waals surface area (Å²) in [4.78, 5) is 2.33. The van der Waals surface area contributed by atoms with E-state index in [2.05, 4.69) is 31.1 Å². The van der Waals surface area contributed by atoms with Crippen LogP contribution in [0.4, 0.5) is 4.39 Å². The minimum absolute atomic E-state index is 0.114. The van der Waals surface area contributed by atoms with Crippen LogP contribution in [0.25, 0.3) is 0 Å². The fourth-order valence-electron chi connectivity index (χ4n) is 1.87. The topological polar surface area (TPSA) is 39.1 Å². The average molecular weight is 277 g/mol. The van der Waals surface area contributed by atoms with E-state index >= 15 is 0 Å². The fourth-order valence-corrected chi connectivity index (χ4v) is 1.87. The number of nitrogens with one attached hydrogen (secondary N) is 1. The Kier molecular flexibility index (Phi) is 7.21. The van der Waals surface area contributed by atoms with Crippen LogP contribution in [0.1, 0.15) is 37.8 Å². The van der Waals surface area contributed by atoms with Crippen molar-refractivity contribution >= 4 is 0 Å². The van der Waals surface area contributed by atoms with E-state index in [1.807, 2.05) is 6.07 Å². The Morgan fingerprint density at radius 2 is 2.10 bits per heavy atom. The Balaban J connectivity index is 2.20. The van der Waals surface area contributed by atoms with Gasteiger partial charge in [0, 0.05) is 12.6 Å². The van der Waals surface area contributed by atoms with Crippen LogP contribution in [-0.4, -0.2) is 31.1 Å². The van der Waals surface area contributed by atoms with E-state index in [1.54, 1.807) is 12.1 Å². The lowest BCUT2D eigenvalue weighted by molar-refractivity contribution is 0.268. The van der Waals surface area contributed by atoms with Gasteiger partial charge in [0.1, 0.15) is 11.9 Å². The first-order valence-electron chi connectivity index (χ1n) is 7.14. The monoisotopic (exact) mass is 277 g/mol. The zero-order valence-corrected chi connectivity index (χ0v) is 12.6. The zero-order chi connectivity index (χ0) is 15.0. The van der Waals surface area contributed by atoms with Crippen LogP contribution in [-0.2, 0) is 6.54 Å². The minimum atomic E-state index is -0.451. The van der Waals surface area contributed by atoms with Crippen molar-refractivity contribution in [3.8, 4) is 6.07 Å². The molecular formula is C16H24FN3. The Bertz CT molecular complexity index is 452. The summed E-state index contributed by atoms with van der Waals surface area (Å²) in [5.74, 6) is -0.451. The van der Waals surface area contributed by atoms with Crippen molar-refractivity contribution in [3.05, 3.63) is 35.1 Å². The lowest BCUT2D eigenvalue weighted by Crippen LogP contribution is -2.27. The van der Waals surface area contributed by atoms with E-state index in [0.29, 0.717) is 12.6 Å². The molecule has 0 fully saturated rings. The summed E-state index contributed by atoms with van der Waals surface area (Å²) >= 11 is 0. The van der Waals surface area contributed by atoms with Gasteiger partial charge in [-0.2, -0.15) is 5.26 Å². The fraction of sp³-hybridized carbons (Fsp3) is 0.562. The van der Waals surface area contributed by atoms with Gasteiger partial charge in [-0.05, 0) is 64.5 Å². The van der Waals surface area contributed by atoms with Crippen molar-refractivity contribution in [3.63, 3.8) is 0 Å². The summed E-state index contributed by atoms with van der Waals surface area (Å²) in [5.41, 5.74) is 1.06. The Morgan fingerprint density at radius 3 is 2.75 bits per heavy atom. The SMILES string of the molecule is CC(C)N(C)CCCCNCc1ccc(F)c(C#N)c1. The molecule has 0 radical (unpaired) electrons. The maximum Gasteiger partial charge on any atom is 0.140 e. The molecule has 0 aromatic heterocycles. The standard InChI is InChI=1S/C16H24FN3/c1-13(2)20(3)9-5-4-8-19-12-14-6-7-16(17)15(10-14)11-18/h6-7,10,13,19H,4-5,8-9,12H2,1-3H3. The first kappa shape index (κ1) is 16.6. The van der Waals surface area contributed by atoms with Crippen LogP contribution in [0.15, 0.2) is 18.2 Å². The molecule has 0 saturated carbocycles. The molecule has 0 aliphatic rings. The predicted octanol–water partition coefficient (Wildman–Crippen LogP) is 2.91. The molecule has 0 amide bonds. The Hall–Kier alpha value is -1.44. The number of halogens is 1. The van der Waals surface area contributed by atoms with Crippen LogP contribution in [0, 0.1) is 17.1 Å². The molecule has 0 aliphatic carbocycles. The Labute approximate surface area is 121 Å². The van der Waals surface area contributed by atoms with Gasteiger partial charge in [0.25, 0.3) is 0 Å². The molecule has 4 heteroatoms. The van der Waals surface area contributed by atoms with E-state index < -0.39 is 5.82 Å². The molecule has 20 heavy (non-hydrogen) atoms. The number of unbranched alkanes of at least 4 members (excludes halogenated alkanes) is 1. The smallest absolute Gasteiger partial charge is 0.140 e. The van der Waals surface area contributed by atoms with Crippen LogP contribution >= 0.6 is 0 Å². The third-order valence-corrected chi connectivity index (χ3v) is 3.48. The minimum Gasteiger partial charge on any atom is -0.313 e. The molecule has 1 aromatic rings. The molecule has 0 spiro atoms. The second-order valence-electron chi connectivity index (χ2n) is 5.38. The van der Waals surface area contributed by atoms with Crippen molar-refractivity contribution < 1.29 is 4.39 Å². The molecule has 110 valence electrons. The summed E-state index contributed by atoms with van der Waals surface area (Å²) in [5, 5.41) is 12.1. The van der Waals surface area contributed by atoms with Gasteiger partial charge in [-0.25, -0.2) is 4.39 Å². The quantitative estimate of drug-likeness (QED) is 0.743. The van der Waals surface area contributed by atoms with E-state index in [4.69, 9.17) is 5.26 Å². The molecule has 0 unspecified atom stereocenters. The van der Waals surface area contributed by atoms with Gasteiger partial charge in [-0.1, -0.05) is 6.07 Å². The molecule has 0 heterocycles. The van der Waals surface area contributed by atoms with Crippen LogP contribution in [0.5, 0.6) is 0 Å². The van der Waals surface area contributed by atoms with E-state index in [0.717, 1.165) is 31.5 Å². The van der Waals surface area contributed by atoms with Crippen LogP contribution < -0.4 is 5.32 Å². The molecule has 0 bridgehead atoms. The average Bonchev–Trinajstić information content (AvgIpc) is 2.43. The summed E-state index contributed by atoms with van der Waals surface area (Å²) in [6.45, 7) is 7.10. The van der Waals surface area contributed by atoms with Crippen molar-refractivity contribution in [2.75, 3.05) is 20.1 Å². The summed E-state index contributed by atoms with van der Waals surface area (Å²) in [6.07, 6.45) is 2.28. The van der Waals surface area contributed by atoms with Crippen molar-refractivity contribution in [2.45, 2.75) is 39.3 Å². The lowest BCUT2D eigenvalue weighted by atomic mass is 10.1. The molecular weight excluding hydrogens is 253 g/mol. The molecule has 1 aromatic carbocycles. The van der Waals surface area contributed by atoms with Gasteiger partial charge in [0.05, 0.1) is 5.56 Å². The van der Waals surface area contributed by atoms with Gasteiger partial charge >= 0.3 is 0 Å². The second-order valence-corrected chi connectivity index (χ2v) is 5.38. The second kappa shape index (κ2) is 8.68. The van der Waals surface area contributed by atoms with Crippen molar-refractivity contribution in [1.29, 1.82) is 5.26 Å². The van der Waals surface area contributed by atoms with Gasteiger partial charge in [0.15, 0.2) is 0 Å². The number of hydrogen-bond acceptors (Lipinski definition) is 3. The number of benzene rings is 1. The highest BCUT2D eigenvalue weighted by atomic mass is 19.1. The van der Waals surface area contributed by atoms with Gasteiger partial charge in [0.2, 0.25) is 0 Å². The Morgan fingerprint density at radius 1 is 1.35 bits per heavy atom. The van der Waals surface area contributed by atoms with Crippen LogP contribution in [0.3, 0.4) is 0 Å². The molecule has 0 atom stereocenters. The van der Waals surface area contributed by atoms with Crippen molar-refractivity contribution in [2.24, 2.45) is 0 Å². The van der Waals surface area contributed by atoms with E-state index in [9.17, 15) is 4.39 Å². The van der Waals surface area contributed by atoms with E-state index in [1.165, 1.54) is 6.07 Å². The first-order valence-corrected chi connectivity index (χ1v) is 7.14. The summed E-state index contributed by atoms with van der Waals surface area (Å²) in [7, 11) is 2.14. The number of nitriles is 1. The molecule has 1 N–H and O–H groups in total. The molecule has 0 saturated heterocycles. The maximum atomic E-state index is 13.2. The largest absolute Gasteiger partial charge is 0.313 e. The summed E-state index contributed by atoms with van der Waals surface area (Å²) in [6, 6.07) is 7.13. The third kappa shape index (κ3) is 5.68. The third-order valence-electron chi connectivity index (χ3n) is 3.48. The van der Waals surface area contributed by atoms with E-state index in [-0.39, 0.29) is 5.56 Å². The van der Waals surface area contributed by atoms with Crippen LogP contribution in [0.2, 0.25) is 0 Å². The molecule has 0 aliphatic heterocycles. The lowest BCUT2D eigenvalue weighted by Gasteiger charge is -2.20. The zero-order valence-electron chi connectivity index (χ0n) is 12.6. The number of rotatable bonds is 8. The summed E-state index contributed by atoms with van der Waals surface area (Å²) < 4.78 is 13.2. The molecule has 1 rings (SSSR count). The maximum absolute atomic E-state index is 13.2. The van der Waals surface area contributed by atoms with Crippen molar-refractivity contribution in [1.82, 2.24) is 10.2 Å². The highest BCUT2D eigenvalue weighted by Gasteiger charge is 2.03. The first-order chi connectivity index (χ1) is 9.54. The number of nitrogens with zero attached hydrogens (tertiary/aromatic N) is 2. The highest BCUT2D eigenvalue weighted by Crippen LogP contribution is 2.09. The normalized spacial score (nSPS) is 11.1.